The van der Waals surface area contributed by atoms with E-state index in [0.29, 0.717) is 18.8 Å². The van der Waals surface area contributed by atoms with Gasteiger partial charge >= 0.3 is 6.01 Å². The Morgan fingerprint density at radius 3 is 2.83 bits per heavy atom. The molecule has 1 aliphatic heterocycles. The lowest BCUT2D eigenvalue weighted by Gasteiger charge is -2.32. The van der Waals surface area contributed by atoms with Crippen LogP contribution >= 0.6 is 0 Å². The Morgan fingerprint density at radius 2 is 2.17 bits per heavy atom. The van der Waals surface area contributed by atoms with Crippen LogP contribution in [0.4, 0.5) is 4.39 Å². The van der Waals surface area contributed by atoms with Crippen LogP contribution in [0.25, 0.3) is 0 Å². The van der Waals surface area contributed by atoms with Crippen LogP contribution in [0.3, 0.4) is 0 Å². The van der Waals surface area contributed by atoms with Crippen LogP contribution < -0.4 is 4.74 Å². The van der Waals surface area contributed by atoms with Crippen molar-refractivity contribution in [3.63, 3.8) is 0 Å². The number of hydrogen-bond donors (Lipinski definition) is 0. The van der Waals surface area contributed by atoms with Crippen molar-refractivity contribution in [1.82, 2.24) is 20.0 Å². The zero-order valence-corrected chi connectivity index (χ0v) is 13.7. The maximum atomic E-state index is 12.8. The molecule has 2 aromatic heterocycles. The van der Waals surface area contributed by atoms with Crippen LogP contribution in [0.15, 0.2) is 16.9 Å². The smallest absolute Gasteiger partial charge is 0.316 e. The van der Waals surface area contributed by atoms with Crippen molar-refractivity contribution in [3.8, 4) is 6.01 Å². The lowest BCUT2D eigenvalue weighted by molar-refractivity contribution is -0.133. The Balaban J connectivity index is 1.60. The van der Waals surface area contributed by atoms with Crippen molar-refractivity contribution in [2.45, 2.75) is 39.2 Å². The van der Waals surface area contributed by atoms with Crippen LogP contribution in [-0.4, -0.2) is 45.1 Å². The standard InChI is InChI=1S/C16H19FN4O3/c1-10-14(11(2)24-20-10)6-15(22)21-5-3-4-13(9-21)23-16-18-7-12(17)8-19-16/h7-8,13H,3-6,9H2,1-2H3/t13-/m1/s1. The van der Waals surface area contributed by atoms with E-state index in [-0.39, 0.29) is 24.4 Å². The first-order chi connectivity index (χ1) is 11.5. The highest BCUT2D eigenvalue weighted by molar-refractivity contribution is 5.79. The number of nitrogens with zero attached hydrogens (tertiary/aromatic N) is 4. The van der Waals surface area contributed by atoms with Crippen LogP contribution in [0, 0.1) is 19.7 Å². The van der Waals surface area contributed by atoms with E-state index in [2.05, 4.69) is 15.1 Å². The Hall–Kier alpha value is -2.51. The number of carbonyl (C=O) groups excluding carboxylic acids is 1. The number of aromatic nitrogens is 3. The molecule has 8 heteroatoms. The van der Waals surface area contributed by atoms with Gasteiger partial charge in [-0.05, 0) is 26.7 Å². The summed E-state index contributed by atoms with van der Waals surface area (Å²) in [5.74, 6) is 0.172. The van der Waals surface area contributed by atoms with Gasteiger partial charge in [-0.1, -0.05) is 5.16 Å². The summed E-state index contributed by atoms with van der Waals surface area (Å²) in [4.78, 5) is 21.9. The highest BCUT2D eigenvalue weighted by atomic mass is 19.1. The summed E-state index contributed by atoms with van der Waals surface area (Å²) in [6, 6.07) is 0.126. The summed E-state index contributed by atoms with van der Waals surface area (Å²) in [5, 5.41) is 3.87. The van der Waals surface area contributed by atoms with Crippen molar-refractivity contribution in [1.29, 1.82) is 0 Å². The number of amides is 1. The lowest BCUT2D eigenvalue weighted by Crippen LogP contribution is -2.45. The molecule has 1 aliphatic rings. The molecule has 24 heavy (non-hydrogen) atoms. The zero-order valence-electron chi connectivity index (χ0n) is 13.7. The molecule has 1 amide bonds. The number of aryl methyl sites for hydroxylation is 2. The topological polar surface area (TPSA) is 81.4 Å². The number of carbonyl (C=O) groups is 1. The Morgan fingerprint density at radius 1 is 1.42 bits per heavy atom. The minimum atomic E-state index is -0.512. The van der Waals surface area contributed by atoms with Crippen molar-refractivity contribution in [2.75, 3.05) is 13.1 Å². The van der Waals surface area contributed by atoms with E-state index in [1.165, 1.54) is 0 Å². The average Bonchev–Trinajstić information content (AvgIpc) is 2.89. The molecular weight excluding hydrogens is 315 g/mol. The molecule has 128 valence electrons. The number of ether oxygens (including phenoxy) is 1. The summed E-state index contributed by atoms with van der Waals surface area (Å²) in [6.07, 6.45) is 3.82. The van der Waals surface area contributed by atoms with E-state index in [9.17, 15) is 9.18 Å². The van der Waals surface area contributed by atoms with Crippen LogP contribution in [0.1, 0.15) is 29.9 Å². The quantitative estimate of drug-likeness (QED) is 0.848. The predicted octanol–water partition coefficient (Wildman–Crippen LogP) is 1.83. The summed E-state index contributed by atoms with van der Waals surface area (Å²) in [6.45, 7) is 4.78. The van der Waals surface area contributed by atoms with E-state index < -0.39 is 5.82 Å². The predicted molar refractivity (Wildman–Crippen MR) is 81.9 cm³/mol. The maximum absolute atomic E-state index is 12.8. The number of likely N-dealkylation sites (tertiary alicyclic amines) is 1. The van der Waals surface area contributed by atoms with Gasteiger partial charge in [0.05, 0.1) is 31.1 Å². The molecule has 1 saturated heterocycles. The van der Waals surface area contributed by atoms with Gasteiger partial charge in [-0.3, -0.25) is 4.79 Å². The molecule has 0 saturated carbocycles. The second-order valence-corrected chi connectivity index (χ2v) is 5.89. The lowest BCUT2D eigenvalue weighted by atomic mass is 10.1. The first-order valence-corrected chi connectivity index (χ1v) is 7.86. The maximum Gasteiger partial charge on any atom is 0.316 e. The minimum absolute atomic E-state index is 0.0118. The fourth-order valence-corrected chi connectivity index (χ4v) is 2.79. The second kappa shape index (κ2) is 6.94. The van der Waals surface area contributed by atoms with E-state index in [0.717, 1.165) is 36.5 Å². The average molecular weight is 334 g/mol. The van der Waals surface area contributed by atoms with Crippen molar-refractivity contribution in [2.24, 2.45) is 0 Å². The van der Waals surface area contributed by atoms with Gasteiger partial charge in [-0.25, -0.2) is 14.4 Å². The van der Waals surface area contributed by atoms with Crippen LogP contribution in [-0.2, 0) is 11.2 Å². The van der Waals surface area contributed by atoms with E-state index in [4.69, 9.17) is 9.26 Å². The number of halogens is 1. The summed E-state index contributed by atoms with van der Waals surface area (Å²) >= 11 is 0. The summed E-state index contributed by atoms with van der Waals surface area (Å²) < 4.78 is 23.6. The SMILES string of the molecule is Cc1noc(C)c1CC(=O)N1CCC[C@@H](Oc2ncc(F)cn2)C1. The molecule has 0 spiro atoms. The fourth-order valence-electron chi connectivity index (χ4n) is 2.79. The molecule has 0 unspecified atom stereocenters. The van der Waals surface area contributed by atoms with Gasteiger partial charge in [-0.15, -0.1) is 0 Å². The summed E-state index contributed by atoms with van der Waals surface area (Å²) in [7, 11) is 0. The van der Waals surface area contributed by atoms with Gasteiger partial charge in [0, 0.05) is 12.1 Å². The second-order valence-electron chi connectivity index (χ2n) is 5.89. The first-order valence-electron chi connectivity index (χ1n) is 7.86. The van der Waals surface area contributed by atoms with Gasteiger partial charge in [0.25, 0.3) is 0 Å². The summed E-state index contributed by atoms with van der Waals surface area (Å²) in [5.41, 5.74) is 1.58. The van der Waals surface area contributed by atoms with Gasteiger partial charge < -0.3 is 14.2 Å². The van der Waals surface area contributed by atoms with E-state index in [1.807, 2.05) is 6.92 Å². The Labute approximate surface area is 138 Å². The van der Waals surface area contributed by atoms with Crippen LogP contribution in [0.2, 0.25) is 0 Å². The normalized spacial score (nSPS) is 17.8. The minimum Gasteiger partial charge on any atom is -0.458 e. The highest BCUT2D eigenvalue weighted by Crippen LogP contribution is 2.18. The third-order valence-electron chi connectivity index (χ3n) is 4.11. The number of piperidine rings is 1. The first kappa shape index (κ1) is 16.4. The molecule has 0 radical (unpaired) electrons. The largest absolute Gasteiger partial charge is 0.458 e. The van der Waals surface area contributed by atoms with E-state index in [1.54, 1.807) is 11.8 Å². The highest BCUT2D eigenvalue weighted by Gasteiger charge is 2.26. The van der Waals surface area contributed by atoms with Gasteiger partial charge in [0.2, 0.25) is 5.91 Å². The number of hydrogen-bond acceptors (Lipinski definition) is 6. The molecule has 3 heterocycles. The molecule has 0 aliphatic carbocycles. The van der Waals surface area contributed by atoms with Crippen LogP contribution in [0.5, 0.6) is 6.01 Å². The zero-order chi connectivity index (χ0) is 17.1. The Kier molecular flexibility index (Phi) is 4.73. The van der Waals surface area contributed by atoms with Crippen molar-refractivity contribution in [3.05, 3.63) is 35.2 Å². The van der Waals surface area contributed by atoms with Gasteiger partial charge in [0.15, 0.2) is 5.82 Å². The van der Waals surface area contributed by atoms with Crippen molar-refractivity contribution >= 4 is 5.91 Å². The van der Waals surface area contributed by atoms with Gasteiger partial charge in [0.1, 0.15) is 11.9 Å². The molecule has 0 aromatic carbocycles. The fraction of sp³-hybridized carbons (Fsp3) is 0.500. The monoisotopic (exact) mass is 334 g/mol. The molecule has 3 rings (SSSR count). The third kappa shape index (κ3) is 3.69. The number of rotatable bonds is 4. The molecule has 7 nitrogen and oxygen atoms in total. The molecule has 1 fully saturated rings. The van der Waals surface area contributed by atoms with E-state index >= 15 is 0 Å². The van der Waals surface area contributed by atoms with Crippen molar-refractivity contribution < 1.29 is 18.4 Å². The molecule has 0 bridgehead atoms. The third-order valence-corrected chi connectivity index (χ3v) is 4.11. The molecular formula is C16H19FN4O3. The molecule has 2 aromatic rings. The Bertz CT molecular complexity index is 697. The molecule has 0 N–H and O–H groups in total. The molecule has 1 atom stereocenters. The van der Waals surface area contributed by atoms with Gasteiger partial charge in [-0.2, -0.15) is 0 Å².